The van der Waals surface area contributed by atoms with Crippen LogP contribution in [-0.2, 0) is 9.59 Å². The van der Waals surface area contributed by atoms with E-state index in [1.54, 1.807) is 12.1 Å². The van der Waals surface area contributed by atoms with Gasteiger partial charge in [0.25, 0.3) is 11.8 Å². The van der Waals surface area contributed by atoms with E-state index < -0.39 is 7.26 Å². The van der Waals surface area contributed by atoms with Gasteiger partial charge in [-0.25, -0.2) is 0 Å². The van der Waals surface area contributed by atoms with E-state index in [-0.39, 0.29) is 17.5 Å². The molecule has 0 radical (unpaired) electrons. The van der Waals surface area contributed by atoms with Gasteiger partial charge in [0, 0.05) is 18.6 Å². The molecule has 0 saturated carbocycles. The highest BCUT2D eigenvalue weighted by Crippen LogP contribution is 2.63. The summed E-state index contributed by atoms with van der Waals surface area (Å²) in [4.78, 5) is 26.7. The van der Waals surface area contributed by atoms with E-state index in [9.17, 15) is 14.9 Å². The fourth-order valence-corrected chi connectivity index (χ4v) is 8.71. The van der Waals surface area contributed by atoms with Crippen molar-refractivity contribution >= 4 is 30.5 Å². The lowest BCUT2D eigenvalue weighted by Gasteiger charge is -2.32. The Kier molecular flexibility index (Phi) is 9.20. The van der Waals surface area contributed by atoms with Crippen molar-refractivity contribution in [1.29, 1.82) is 5.26 Å². The highest BCUT2D eigenvalue weighted by molar-refractivity contribution is 7.78. The molecule has 0 heterocycles. The highest BCUT2D eigenvalue weighted by Gasteiger charge is 2.47. The van der Waals surface area contributed by atoms with E-state index in [1.165, 1.54) is 0 Å². The van der Waals surface area contributed by atoms with Crippen LogP contribution in [-0.4, -0.2) is 36.0 Å². The molecule has 2 amide bonds. The Morgan fingerprint density at radius 2 is 1.42 bits per heavy atom. The molecule has 2 aromatic rings. The van der Waals surface area contributed by atoms with Crippen LogP contribution in [0.15, 0.2) is 30.3 Å². The van der Waals surface area contributed by atoms with E-state index in [4.69, 9.17) is 0 Å². The van der Waals surface area contributed by atoms with Crippen LogP contribution in [0.25, 0.3) is 0 Å². The lowest BCUT2D eigenvalue weighted by Crippen LogP contribution is -2.36. The van der Waals surface area contributed by atoms with Crippen molar-refractivity contribution in [3.8, 4) is 6.07 Å². The molecule has 1 atom stereocenters. The van der Waals surface area contributed by atoms with Crippen LogP contribution in [0.4, 0.5) is 11.4 Å². The first-order chi connectivity index (χ1) is 15.6. The summed E-state index contributed by atoms with van der Waals surface area (Å²) in [7, 11) is -1.91. The van der Waals surface area contributed by atoms with E-state index in [0.717, 1.165) is 46.0 Å². The summed E-state index contributed by atoms with van der Waals surface area (Å²) in [5, 5.41) is 15.5. The zero-order chi connectivity index (χ0) is 24.8. The fraction of sp³-hybridized carbons (Fsp3) is 0.444. The molecule has 2 N–H and O–H groups in total. The Bertz CT molecular complexity index is 1020. The van der Waals surface area contributed by atoms with Gasteiger partial charge in [-0.15, -0.1) is 0 Å². The van der Waals surface area contributed by atoms with Gasteiger partial charge >= 0.3 is 0 Å². The van der Waals surface area contributed by atoms with Gasteiger partial charge in [0.15, 0.2) is 0 Å². The molecule has 0 aromatic heterocycles. The smallest absolute Gasteiger partial charge is 0.265 e. The molecule has 176 valence electrons. The molecule has 5 nitrogen and oxygen atoms in total. The largest absolute Gasteiger partial charge is 0.322 e. The first-order valence-electron chi connectivity index (χ1n) is 11.7. The minimum absolute atomic E-state index is 0.0126. The predicted octanol–water partition coefficient (Wildman–Crippen LogP) is 6.21. The van der Waals surface area contributed by atoms with Crippen LogP contribution in [0.1, 0.15) is 55.0 Å². The molecule has 0 bridgehead atoms. The molecule has 0 fully saturated rings. The Morgan fingerprint density at radius 1 is 0.909 bits per heavy atom. The maximum atomic E-state index is 13.5. The summed E-state index contributed by atoms with van der Waals surface area (Å²) in [6, 6.07) is 11.7. The van der Waals surface area contributed by atoms with Crippen molar-refractivity contribution < 1.29 is 9.59 Å². The third kappa shape index (κ3) is 6.01. The van der Waals surface area contributed by atoms with E-state index in [2.05, 4.69) is 30.6 Å². The van der Waals surface area contributed by atoms with E-state index >= 15 is 0 Å². The van der Waals surface area contributed by atoms with Crippen molar-refractivity contribution in [3.05, 3.63) is 58.1 Å². The third-order valence-electron chi connectivity index (χ3n) is 6.72. The molecular formula is C27H37N3O2P+. The Hall–Kier alpha value is -2.70. The zero-order valence-corrected chi connectivity index (χ0v) is 21.9. The van der Waals surface area contributed by atoms with Gasteiger partial charge in [-0.2, -0.15) is 5.26 Å². The predicted molar refractivity (Wildman–Crippen MR) is 141 cm³/mol. The quantitative estimate of drug-likeness (QED) is 0.431. The number of carbonyl (C=O) groups excluding carboxylic acids is 2. The summed E-state index contributed by atoms with van der Waals surface area (Å²) < 4.78 is 0. The Labute approximate surface area is 199 Å². The summed E-state index contributed by atoms with van der Waals surface area (Å²) in [6.45, 7) is 14.1. The number of nitrogens with zero attached hydrogens (tertiary/aromatic N) is 1. The van der Waals surface area contributed by atoms with Crippen LogP contribution in [0.3, 0.4) is 0 Å². The second-order valence-electron chi connectivity index (χ2n) is 8.83. The molecule has 0 aliphatic carbocycles. The van der Waals surface area contributed by atoms with Crippen molar-refractivity contribution in [2.24, 2.45) is 0 Å². The van der Waals surface area contributed by atoms with Crippen molar-refractivity contribution in [2.75, 3.05) is 29.1 Å². The lowest BCUT2D eigenvalue weighted by atomic mass is 10.0. The summed E-state index contributed by atoms with van der Waals surface area (Å²) in [5.41, 5.74) is 5.84. The Morgan fingerprint density at radius 3 is 1.88 bits per heavy atom. The van der Waals surface area contributed by atoms with Gasteiger partial charge in [-0.1, -0.05) is 25.1 Å². The molecule has 0 spiro atoms. The number of anilines is 2. The first-order valence-corrected chi connectivity index (χ1v) is 14.1. The molecule has 0 saturated heterocycles. The van der Waals surface area contributed by atoms with Crippen LogP contribution in [0.2, 0.25) is 0 Å². The third-order valence-corrected chi connectivity index (χ3v) is 12.1. The number of para-hydroxylation sites is 1. The van der Waals surface area contributed by atoms with Gasteiger partial charge < -0.3 is 10.6 Å². The minimum Gasteiger partial charge on any atom is -0.322 e. The van der Waals surface area contributed by atoms with Crippen molar-refractivity contribution in [1.82, 2.24) is 0 Å². The number of carbonyl (C=O) groups is 2. The van der Waals surface area contributed by atoms with Crippen LogP contribution >= 0.6 is 7.26 Å². The van der Waals surface area contributed by atoms with Crippen LogP contribution in [0.5, 0.6) is 0 Å². The maximum absolute atomic E-state index is 13.5. The molecular weight excluding hydrogens is 429 g/mol. The SMILES string of the molecule is CCC(C(=O)Nc1c(C)cc(C#N)cc1C)[P+](CC)(CC)CC(=O)Nc1c(C)cccc1C. The summed E-state index contributed by atoms with van der Waals surface area (Å²) in [6.07, 6.45) is 2.75. The molecule has 1 unspecified atom stereocenters. The number of benzene rings is 2. The molecule has 33 heavy (non-hydrogen) atoms. The summed E-state index contributed by atoms with van der Waals surface area (Å²) in [5.74, 6) is -0.0354. The molecule has 2 rings (SSSR count). The highest BCUT2D eigenvalue weighted by atomic mass is 31.2. The van der Waals surface area contributed by atoms with E-state index in [1.807, 2.05) is 52.8 Å². The fourth-order valence-electron chi connectivity index (χ4n) is 4.73. The number of nitriles is 1. The van der Waals surface area contributed by atoms with Crippen LogP contribution < -0.4 is 10.6 Å². The average molecular weight is 467 g/mol. The topological polar surface area (TPSA) is 82.0 Å². The number of nitrogens with one attached hydrogen (secondary N) is 2. The van der Waals surface area contributed by atoms with Gasteiger partial charge in [0.05, 0.1) is 24.0 Å². The van der Waals surface area contributed by atoms with Gasteiger partial charge in [0.2, 0.25) is 0 Å². The van der Waals surface area contributed by atoms with Gasteiger partial charge in [-0.05, 0) is 82.3 Å². The number of amides is 2. The lowest BCUT2D eigenvalue weighted by molar-refractivity contribution is -0.115. The normalized spacial score (nSPS) is 12.1. The second kappa shape index (κ2) is 11.4. The zero-order valence-electron chi connectivity index (χ0n) is 21.0. The minimum atomic E-state index is -1.91. The van der Waals surface area contributed by atoms with Crippen LogP contribution in [0, 0.1) is 39.0 Å². The van der Waals surface area contributed by atoms with Crippen molar-refractivity contribution in [3.63, 3.8) is 0 Å². The first kappa shape index (κ1) is 26.6. The number of rotatable bonds is 9. The molecule has 0 aliphatic rings. The monoisotopic (exact) mass is 466 g/mol. The average Bonchev–Trinajstić information content (AvgIpc) is 2.78. The van der Waals surface area contributed by atoms with Gasteiger partial charge in [-0.3, -0.25) is 9.59 Å². The number of hydrogen-bond acceptors (Lipinski definition) is 3. The number of aryl methyl sites for hydroxylation is 4. The summed E-state index contributed by atoms with van der Waals surface area (Å²) >= 11 is 0. The molecule has 2 aromatic carbocycles. The molecule has 0 aliphatic heterocycles. The van der Waals surface area contributed by atoms with E-state index in [0.29, 0.717) is 18.1 Å². The van der Waals surface area contributed by atoms with Gasteiger partial charge in [0.1, 0.15) is 11.8 Å². The maximum Gasteiger partial charge on any atom is 0.265 e. The van der Waals surface area contributed by atoms with Crippen molar-refractivity contribution in [2.45, 2.75) is 60.5 Å². The standard InChI is InChI=1S/C27H36N3O2P/c1-8-23(27(32)30-26-20(6)14-22(16-28)15-21(26)7)33(9-2,10-3)17-24(31)29-25-18(4)12-11-13-19(25)5/h11-15,23H,8-10,17H2,1-7H3,(H-,29,30,31,32)/p+1. The molecule has 6 heteroatoms. The second-order valence-corrected chi connectivity index (χ2v) is 13.5. The number of hydrogen-bond donors (Lipinski definition) is 2. The Balaban J connectivity index is 2.30.